The number of hydrogen-bond donors (Lipinski definition) is 0. The van der Waals surface area contributed by atoms with Crippen molar-refractivity contribution in [2.75, 3.05) is 17.4 Å². The first-order chi connectivity index (χ1) is 7.61. The van der Waals surface area contributed by atoms with Crippen molar-refractivity contribution in [3.63, 3.8) is 0 Å². The molecule has 1 aromatic rings. The SMILES string of the molecule is CCCS(=O)(=O)c1ccccc1SCCCl. The van der Waals surface area contributed by atoms with Crippen LogP contribution in [0.1, 0.15) is 13.3 Å². The Morgan fingerprint density at radius 3 is 2.62 bits per heavy atom. The monoisotopic (exact) mass is 278 g/mol. The van der Waals surface area contributed by atoms with E-state index in [0.717, 1.165) is 10.6 Å². The van der Waals surface area contributed by atoms with Crippen LogP contribution in [-0.2, 0) is 9.84 Å². The lowest BCUT2D eigenvalue weighted by Crippen LogP contribution is -2.07. The molecule has 0 radical (unpaired) electrons. The molecule has 90 valence electrons. The molecule has 1 aromatic carbocycles. The van der Waals surface area contributed by atoms with Crippen LogP contribution >= 0.6 is 23.4 Å². The van der Waals surface area contributed by atoms with Gasteiger partial charge in [0, 0.05) is 16.5 Å². The van der Waals surface area contributed by atoms with Gasteiger partial charge >= 0.3 is 0 Å². The molecule has 0 aromatic heterocycles. The molecular weight excluding hydrogens is 264 g/mol. The summed E-state index contributed by atoms with van der Waals surface area (Å²) in [5, 5.41) is 0. The third kappa shape index (κ3) is 3.68. The van der Waals surface area contributed by atoms with Crippen molar-refractivity contribution in [2.24, 2.45) is 0 Å². The molecule has 0 fully saturated rings. The van der Waals surface area contributed by atoms with Gasteiger partial charge in [-0.1, -0.05) is 19.1 Å². The van der Waals surface area contributed by atoms with Crippen LogP contribution in [0.5, 0.6) is 0 Å². The third-order valence-corrected chi connectivity index (χ3v) is 5.58. The lowest BCUT2D eigenvalue weighted by molar-refractivity contribution is 0.592. The van der Waals surface area contributed by atoms with Gasteiger partial charge in [0.05, 0.1) is 10.6 Å². The number of hydrogen-bond acceptors (Lipinski definition) is 3. The van der Waals surface area contributed by atoms with E-state index >= 15 is 0 Å². The second-order valence-electron chi connectivity index (χ2n) is 3.30. The van der Waals surface area contributed by atoms with Gasteiger partial charge in [0.25, 0.3) is 0 Å². The summed E-state index contributed by atoms with van der Waals surface area (Å²) in [7, 11) is -3.14. The van der Waals surface area contributed by atoms with Crippen molar-refractivity contribution >= 4 is 33.2 Å². The zero-order chi connectivity index (χ0) is 12.0. The van der Waals surface area contributed by atoms with Crippen LogP contribution in [0.4, 0.5) is 0 Å². The van der Waals surface area contributed by atoms with E-state index in [0.29, 0.717) is 17.2 Å². The van der Waals surface area contributed by atoms with Crippen molar-refractivity contribution in [2.45, 2.75) is 23.1 Å². The third-order valence-electron chi connectivity index (χ3n) is 1.99. The van der Waals surface area contributed by atoms with Crippen molar-refractivity contribution < 1.29 is 8.42 Å². The van der Waals surface area contributed by atoms with E-state index in [2.05, 4.69) is 0 Å². The standard InChI is InChI=1S/C11H15ClO2S2/c1-2-9-16(13,14)11-6-4-3-5-10(11)15-8-7-12/h3-6H,2,7-9H2,1H3. The Labute approximate surface area is 106 Å². The van der Waals surface area contributed by atoms with Gasteiger partial charge in [-0.05, 0) is 18.6 Å². The van der Waals surface area contributed by atoms with Crippen LogP contribution < -0.4 is 0 Å². The van der Waals surface area contributed by atoms with Gasteiger partial charge in [-0.15, -0.1) is 23.4 Å². The minimum atomic E-state index is -3.14. The van der Waals surface area contributed by atoms with Crippen LogP contribution in [-0.4, -0.2) is 25.8 Å². The van der Waals surface area contributed by atoms with Gasteiger partial charge < -0.3 is 0 Å². The predicted molar refractivity (Wildman–Crippen MR) is 70.2 cm³/mol. The zero-order valence-corrected chi connectivity index (χ0v) is 11.5. The zero-order valence-electron chi connectivity index (χ0n) is 9.15. The normalized spacial score (nSPS) is 11.6. The van der Waals surface area contributed by atoms with Gasteiger partial charge in [-0.2, -0.15) is 0 Å². The molecule has 0 aliphatic carbocycles. The van der Waals surface area contributed by atoms with Crippen LogP contribution in [0.2, 0.25) is 0 Å². The van der Waals surface area contributed by atoms with Crippen molar-refractivity contribution in [1.82, 2.24) is 0 Å². The maximum Gasteiger partial charge on any atom is 0.179 e. The minimum Gasteiger partial charge on any atom is -0.224 e. The van der Waals surface area contributed by atoms with Gasteiger partial charge in [0.2, 0.25) is 0 Å². The van der Waals surface area contributed by atoms with Crippen LogP contribution in [0.3, 0.4) is 0 Å². The average molecular weight is 279 g/mol. The van der Waals surface area contributed by atoms with E-state index in [4.69, 9.17) is 11.6 Å². The predicted octanol–water partition coefficient (Wildman–Crippen LogP) is 3.20. The quantitative estimate of drug-likeness (QED) is 0.592. The molecule has 1 rings (SSSR count). The van der Waals surface area contributed by atoms with E-state index in [9.17, 15) is 8.42 Å². The second-order valence-corrected chi connectivity index (χ2v) is 6.90. The Morgan fingerprint density at radius 2 is 2.00 bits per heavy atom. The first-order valence-electron chi connectivity index (χ1n) is 5.12. The first kappa shape index (κ1) is 13.9. The van der Waals surface area contributed by atoms with Crippen molar-refractivity contribution in [3.8, 4) is 0 Å². The molecule has 0 aliphatic heterocycles. The Hall–Kier alpha value is -0.190. The van der Waals surface area contributed by atoms with Gasteiger partial charge in [0.1, 0.15) is 0 Å². The summed E-state index contributed by atoms with van der Waals surface area (Å²) in [6, 6.07) is 7.11. The fourth-order valence-corrected chi connectivity index (χ4v) is 4.24. The number of thioether (sulfide) groups is 1. The lowest BCUT2D eigenvalue weighted by Gasteiger charge is -2.08. The Bertz CT molecular complexity index is 429. The van der Waals surface area contributed by atoms with E-state index < -0.39 is 9.84 Å². The van der Waals surface area contributed by atoms with E-state index in [1.165, 1.54) is 11.8 Å². The molecule has 5 heteroatoms. The maximum absolute atomic E-state index is 12.0. The summed E-state index contributed by atoms with van der Waals surface area (Å²) < 4.78 is 23.9. The molecule has 0 atom stereocenters. The van der Waals surface area contributed by atoms with Gasteiger partial charge in [-0.25, -0.2) is 8.42 Å². The van der Waals surface area contributed by atoms with Gasteiger partial charge in [0.15, 0.2) is 9.84 Å². The van der Waals surface area contributed by atoms with Crippen molar-refractivity contribution in [3.05, 3.63) is 24.3 Å². The summed E-state index contributed by atoms with van der Waals surface area (Å²) >= 11 is 7.10. The van der Waals surface area contributed by atoms with Crippen molar-refractivity contribution in [1.29, 1.82) is 0 Å². The summed E-state index contributed by atoms with van der Waals surface area (Å²) in [6.07, 6.45) is 0.636. The second kappa shape index (κ2) is 6.52. The van der Waals surface area contributed by atoms with Gasteiger partial charge in [-0.3, -0.25) is 0 Å². The highest BCUT2D eigenvalue weighted by Crippen LogP contribution is 2.27. The Morgan fingerprint density at radius 1 is 1.31 bits per heavy atom. The molecule has 0 unspecified atom stereocenters. The fraction of sp³-hybridized carbons (Fsp3) is 0.455. The number of rotatable bonds is 6. The Balaban J connectivity index is 3.03. The lowest BCUT2D eigenvalue weighted by atomic mass is 10.4. The maximum atomic E-state index is 12.0. The molecule has 0 saturated heterocycles. The highest BCUT2D eigenvalue weighted by Gasteiger charge is 2.17. The summed E-state index contributed by atoms with van der Waals surface area (Å²) in [5.41, 5.74) is 0. The molecule has 0 heterocycles. The molecule has 2 nitrogen and oxygen atoms in total. The molecule has 0 spiro atoms. The smallest absolute Gasteiger partial charge is 0.179 e. The molecule has 0 aliphatic rings. The largest absolute Gasteiger partial charge is 0.224 e. The van der Waals surface area contributed by atoms with Crippen LogP contribution in [0.15, 0.2) is 34.1 Å². The van der Waals surface area contributed by atoms with E-state index in [1.807, 2.05) is 19.1 Å². The Kier molecular flexibility index (Phi) is 5.66. The first-order valence-corrected chi connectivity index (χ1v) is 8.29. The minimum absolute atomic E-state index is 0.200. The molecule has 0 amide bonds. The molecule has 0 saturated carbocycles. The highest BCUT2D eigenvalue weighted by atomic mass is 35.5. The molecule has 0 bridgehead atoms. The fourth-order valence-electron chi connectivity index (χ4n) is 1.35. The topological polar surface area (TPSA) is 34.1 Å². The molecule has 0 N–H and O–H groups in total. The highest BCUT2D eigenvalue weighted by molar-refractivity contribution is 8.00. The number of benzene rings is 1. The summed E-state index contributed by atoms with van der Waals surface area (Å²) in [6.45, 7) is 1.87. The summed E-state index contributed by atoms with van der Waals surface area (Å²) in [5.74, 6) is 1.44. The van der Waals surface area contributed by atoms with E-state index in [1.54, 1.807) is 12.1 Å². The average Bonchev–Trinajstić information content (AvgIpc) is 2.26. The number of alkyl halides is 1. The van der Waals surface area contributed by atoms with Crippen LogP contribution in [0.25, 0.3) is 0 Å². The van der Waals surface area contributed by atoms with Crippen LogP contribution in [0, 0.1) is 0 Å². The van der Waals surface area contributed by atoms with E-state index in [-0.39, 0.29) is 5.75 Å². The number of halogens is 1. The molecule has 16 heavy (non-hydrogen) atoms. The molecular formula is C11H15ClO2S2. The summed E-state index contributed by atoms with van der Waals surface area (Å²) in [4.78, 5) is 1.24. The number of sulfone groups is 1.